The maximum absolute atomic E-state index is 5.59. The predicted molar refractivity (Wildman–Crippen MR) is 65.2 cm³/mol. The van der Waals surface area contributed by atoms with Gasteiger partial charge >= 0.3 is 51.4 Å². The van der Waals surface area contributed by atoms with Crippen molar-refractivity contribution in [3.8, 4) is 0 Å². The molecule has 0 saturated carbocycles. The van der Waals surface area contributed by atoms with E-state index in [2.05, 4.69) is 5.48 Å². The number of rotatable bonds is 8. The first kappa shape index (κ1) is 17.5. The molecule has 0 aliphatic rings. The summed E-state index contributed by atoms with van der Waals surface area (Å²) in [5.41, 5.74) is 11.6. The van der Waals surface area contributed by atoms with Gasteiger partial charge in [0.15, 0.2) is 0 Å². The van der Waals surface area contributed by atoms with Gasteiger partial charge in [-0.15, -0.1) is 6.54 Å². The molecular weight excluding hydrogens is 243 g/mol. The molecule has 0 atom stereocenters. The van der Waals surface area contributed by atoms with E-state index in [1.54, 1.807) is 7.11 Å². The van der Waals surface area contributed by atoms with E-state index in [-0.39, 0.29) is 51.4 Å². The van der Waals surface area contributed by atoms with E-state index in [4.69, 9.17) is 15.3 Å². The van der Waals surface area contributed by atoms with Gasteiger partial charge in [-0.05, 0) is 30.5 Å². The van der Waals surface area contributed by atoms with Crippen LogP contribution in [0.5, 0.6) is 0 Å². The first-order chi connectivity index (χ1) is 7.83. The average Bonchev–Trinajstić information content (AvgIpc) is 2.30. The number of methoxy groups -OCH3 is 1. The summed E-state index contributed by atoms with van der Waals surface area (Å²) < 4.78 is 4.90. The van der Waals surface area contributed by atoms with Crippen molar-refractivity contribution in [1.82, 2.24) is 0 Å². The van der Waals surface area contributed by atoms with Gasteiger partial charge in [0.1, 0.15) is 0 Å². The summed E-state index contributed by atoms with van der Waals surface area (Å²) in [6, 6.07) is 7.81. The zero-order chi connectivity index (χ0) is 11.6. The molecule has 1 aromatic rings. The SMILES string of the molecule is COCCCO[N-]CCc1ccc(N)cc1.[K+]. The molecule has 90 valence electrons. The monoisotopic (exact) mass is 262 g/mol. The van der Waals surface area contributed by atoms with Gasteiger partial charge in [0, 0.05) is 26.0 Å². The molecule has 0 fully saturated rings. The quantitative estimate of drug-likeness (QED) is 0.287. The molecule has 1 aromatic carbocycles. The van der Waals surface area contributed by atoms with E-state index in [1.165, 1.54) is 5.56 Å². The summed E-state index contributed by atoms with van der Waals surface area (Å²) in [5, 5.41) is 0. The summed E-state index contributed by atoms with van der Waals surface area (Å²) in [6.45, 7) is 2.01. The van der Waals surface area contributed by atoms with Crippen LogP contribution in [0.25, 0.3) is 5.48 Å². The number of hydroxylamine groups is 1. The molecule has 4 nitrogen and oxygen atoms in total. The van der Waals surface area contributed by atoms with Crippen LogP contribution >= 0.6 is 0 Å². The van der Waals surface area contributed by atoms with E-state index < -0.39 is 0 Å². The minimum atomic E-state index is 0. The Labute approximate surface area is 146 Å². The molecule has 17 heavy (non-hydrogen) atoms. The topological polar surface area (TPSA) is 58.6 Å². The average molecular weight is 262 g/mol. The van der Waals surface area contributed by atoms with Gasteiger partial charge in [0.25, 0.3) is 0 Å². The minimum Gasteiger partial charge on any atom is -0.534 e. The Hall–Kier alpha value is 0.536. The van der Waals surface area contributed by atoms with Crippen LogP contribution < -0.4 is 57.1 Å². The second kappa shape index (κ2) is 11.6. The fraction of sp³-hybridized carbons (Fsp3) is 0.500. The third kappa shape index (κ3) is 9.16. The predicted octanol–water partition coefficient (Wildman–Crippen LogP) is -0.843. The van der Waals surface area contributed by atoms with E-state index >= 15 is 0 Å². The van der Waals surface area contributed by atoms with Crippen LogP contribution in [0, 0.1) is 0 Å². The Morgan fingerprint density at radius 1 is 1.18 bits per heavy atom. The molecule has 5 heteroatoms. The Morgan fingerprint density at radius 2 is 1.88 bits per heavy atom. The summed E-state index contributed by atoms with van der Waals surface area (Å²) in [6.07, 6.45) is 1.76. The number of ether oxygens (including phenoxy) is 1. The van der Waals surface area contributed by atoms with E-state index in [0.717, 1.165) is 18.5 Å². The fourth-order valence-corrected chi connectivity index (χ4v) is 1.26. The van der Waals surface area contributed by atoms with Crippen LogP contribution in [0.1, 0.15) is 12.0 Å². The van der Waals surface area contributed by atoms with Crippen LogP contribution in [0.15, 0.2) is 24.3 Å². The number of nitrogens with two attached hydrogens (primary N) is 1. The second-order valence-corrected chi connectivity index (χ2v) is 3.52. The van der Waals surface area contributed by atoms with Crippen LogP contribution in [0.3, 0.4) is 0 Å². The molecule has 0 radical (unpaired) electrons. The number of hydrogen-bond acceptors (Lipinski definition) is 3. The van der Waals surface area contributed by atoms with E-state index in [9.17, 15) is 0 Å². The van der Waals surface area contributed by atoms with Crippen molar-refractivity contribution in [2.24, 2.45) is 0 Å². The van der Waals surface area contributed by atoms with Gasteiger partial charge in [-0.2, -0.15) is 0 Å². The number of anilines is 1. The molecule has 0 aliphatic carbocycles. The second-order valence-electron chi connectivity index (χ2n) is 3.52. The van der Waals surface area contributed by atoms with Crippen LogP contribution in [0.4, 0.5) is 5.69 Å². The van der Waals surface area contributed by atoms with Gasteiger partial charge in [-0.25, -0.2) is 0 Å². The van der Waals surface area contributed by atoms with Gasteiger partial charge in [0.2, 0.25) is 0 Å². The molecule has 0 aromatic heterocycles. The molecule has 0 heterocycles. The van der Waals surface area contributed by atoms with Crippen LogP contribution in [-0.2, 0) is 16.0 Å². The van der Waals surface area contributed by atoms with Crippen molar-refractivity contribution in [3.05, 3.63) is 35.3 Å². The summed E-state index contributed by atoms with van der Waals surface area (Å²) in [7, 11) is 1.68. The number of nitrogen functional groups attached to an aromatic ring is 1. The summed E-state index contributed by atoms with van der Waals surface area (Å²) >= 11 is 0. The van der Waals surface area contributed by atoms with Crippen LogP contribution in [0.2, 0.25) is 0 Å². The van der Waals surface area contributed by atoms with Crippen molar-refractivity contribution >= 4 is 5.69 Å². The molecule has 0 spiro atoms. The maximum Gasteiger partial charge on any atom is 1.00 e. The third-order valence-electron chi connectivity index (χ3n) is 2.15. The third-order valence-corrected chi connectivity index (χ3v) is 2.15. The summed E-state index contributed by atoms with van der Waals surface area (Å²) in [5.74, 6) is 0. The Morgan fingerprint density at radius 3 is 2.53 bits per heavy atom. The largest absolute Gasteiger partial charge is 1.00 e. The molecule has 0 amide bonds. The van der Waals surface area contributed by atoms with Crippen LogP contribution in [-0.4, -0.2) is 26.9 Å². The first-order valence-corrected chi connectivity index (χ1v) is 5.45. The minimum absolute atomic E-state index is 0. The number of nitrogens with zero attached hydrogens (tertiary/aromatic N) is 1. The maximum atomic E-state index is 5.59. The zero-order valence-corrected chi connectivity index (χ0v) is 13.8. The summed E-state index contributed by atoms with van der Waals surface area (Å²) in [4.78, 5) is 5.10. The Bertz CT molecular complexity index is 280. The van der Waals surface area contributed by atoms with E-state index in [0.29, 0.717) is 19.8 Å². The van der Waals surface area contributed by atoms with Gasteiger partial charge in [-0.1, -0.05) is 12.1 Å². The van der Waals surface area contributed by atoms with Gasteiger partial charge in [-0.3, -0.25) is 0 Å². The van der Waals surface area contributed by atoms with Crippen molar-refractivity contribution in [3.63, 3.8) is 0 Å². The first-order valence-electron chi connectivity index (χ1n) is 5.45. The molecule has 0 aliphatic heterocycles. The Balaban J connectivity index is 0.00000256. The standard InChI is InChI=1S/C12H19N2O2.K/c1-15-9-2-10-16-14-8-7-11-3-5-12(13)6-4-11;/h3-6H,2,7-10,13H2,1H3;/q-1;+1. The van der Waals surface area contributed by atoms with Gasteiger partial charge in [0.05, 0.1) is 0 Å². The van der Waals surface area contributed by atoms with Crippen molar-refractivity contribution in [2.75, 3.05) is 32.6 Å². The molecule has 1 rings (SSSR count). The fourth-order valence-electron chi connectivity index (χ4n) is 1.26. The smallest absolute Gasteiger partial charge is 0.534 e. The zero-order valence-electron chi connectivity index (χ0n) is 10.7. The van der Waals surface area contributed by atoms with Gasteiger partial charge < -0.3 is 20.8 Å². The van der Waals surface area contributed by atoms with Crippen molar-refractivity contribution in [2.45, 2.75) is 12.8 Å². The molecule has 0 bridgehead atoms. The molecule has 0 unspecified atom stereocenters. The molecule has 2 N–H and O–H groups in total. The Kier molecular flexibility index (Phi) is 12.0. The number of hydrogen-bond donors (Lipinski definition) is 1. The van der Waals surface area contributed by atoms with E-state index in [1.807, 2.05) is 24.3 Å². The normalized spacial score (nSPS) is 9.94. The van der Waals surface area contributed by atoms with Crippen molar-refractivity contribution < 1.29 is 61.0 Å². The molecular formula is C12H19KN2O2. The number of benzene rings is 1. The molecule has 0 saturated heterocycles. The van der Waals surface area contributed by atoms with Crippen molar-refractivity contribution in [1.29, 1.82) is 0 Å².